The highest BCUT2D eigenvalue weighted by molar-refractivity contribution is 5.75. The number of aliphatic carboxylic acids is 1. The highest BCUT2D eigenvalue weighted by Crippen LogP contribution is 2.11. The number of likely N-dealkylation sites (N-methyl/N-ethyl adjacent to an activating group) is 1. The molecule has 6 nitrogen and oxygen atoms in total. The van der Waals surface area contributed by atoms with Gasteiger partial charge in [-0.3, -0.25) is 4.79 Å². The molecule has 0 aliphatic rings. The first-order valence-corrected chi connectivity index (χ1v) is 5.57. The molecule has 3 N–H and O–H groups in total. The van der Waals surface area contributed by atoms with Crippen LogP contribution in [0, 0.1) is 0 Å². The molecule has 2 amide bonds. The summed E-state index contributed by atoms with van der Waals surface area (Å²) < 4.78 is 0. The number of urea groups is 1. The predicted molar refractivity (Wildman–Crippen MR) is 63.8 cm³/mol. The zero-order valence-electron chi connectivity index (χ0n) is 10.9. The van der Waals surface area contributed by atoms with Crippen molar-refractivity contribution in [3.63, 3.8) is 0 Å². The summed E-state index contributed by atoms with van der Waals surface area (Å²) >= 11 is 0. The van der Waals surface area contributed by atoms with Crippen molar-refractivity contribution in [3.05, 3.63) is 0 Å². The summed E-state index contributed by atoms with van der Waals surface area (Å²) in [6.07, 6.45) is 0.406. The molecule has 6 heteroatoms. The van der Waals surface area contributed by atoms with Gasteiger partial charge in [-0.15, -0.1) is 0 Å². The Kier molecular flexibility index (Phi) is 5.95. The summed E-state index contributed by atoms with van der Waals surface area (Å²) in [6, 6.07) is -0.530. The van der Waals surface area contributed by atoms with E-state index in [0.717, 1.165) is 0 Å². The molecule has 100 valence electrons. The summed E-state index contributed by atoms with van der Waals surface area (Å²) in [7, 11) is 1.59. The molecule has 0 saturated carbocycles. The van der Waals surface area contributed by atoms with Crippen molar-refractivity contribution in [2.24, 2.45) is 0 Å². The van der Waals surface area contributed by atoms with E-state index in [-0.39, 0.29) is 25.1 Å². The molecule has 0 radical (unpaired) electrons. The van der Waals surface area contributed by atoms with Gasteiger partial charge in [0.2, 0.25) is 0 Å². The fourth-order valence-electron chi connectivity index (χ4n) is 1.10. The van der Waals surface area contributed by atoms with Crippen LogP contribution in [0.2, 0.25) is 0 Å². The van der Waals surface area contributed by atoms with Crippen LogP contribution in [0.3, 0.4) is 0 Å². The first kappa shape index (κ1) is 15.7. The van der Waals surface area contributed by atoms with E-state index in [1.807, 2.05) is 0 Å². The second-order valence-electron chi connectivity index (χ2n) is 4.81. The van der Waals surface area contributed by atoms with Crippen LogP contribution >= 0.6 is 0 Å². The minimum Gasteiger partial charge on any atom is -0.481 e. The number of hydrogen-bond acceptors (Lipinski definition) is 3. The van der Waals surface area contributed by atoms with Crippen molar-refractivity contribution in [3.8, 4) is 0 Å². The Morgan fingerprint density at radius 2 is 1.94 bits per heavy atom. The average molecular weight is 246 g/mol. The maximum absolute atomic E-state index is 11.8. The first-order valence-electron chi connectivity index (χ1n) is 5.57. The van der Waals surface area contributed by atoms with Gasteiger partial charge < -0.3 is 20.4 Å². The smallest absolute Gasteiger partial charge is 0.317 e. The van der Waals surface area contributed by atoms with Gasteiger partial charge in [0.05, 0.1) is 12.1 Å². The Labute approximate surface area is 102 Å². The van der Waals surface area contributed by atoms with Gasteiger partial charge in [-0.05, 0) is 27.2 Å². The number of carboxylic acids is 1. The molecule has 0 spiro atoms. The molecule has 0 aromatic rings. The van der Waals surface area contributed by atoms with Crippen LogP contribution in [0.4, 0.5) is 4.79 Å². The summed E-state index contributed by atoms with van der Waals surface area (Å²) in [5, 5.41) is 20.3. The minimum atomic E-state index is -0.879. The summed E-state index contributed by atoms with van der Waals surface area (Å²) in [5.41, 5.74) is -0.642. The standard InChI is InChI=1S/C11H22N2O4/c1-8(5-6-9(15)16)12-10(17)13(4)11(2,3)7-14/h8,14H,5-7H2,1-4H3,(H,12,17)(H,15,16). The molecule has 0 aromatic heterocycles. The molecule has 1 atom stereocenters. The zero-order chi connectivity index (χ0) is 13.6. The van der Waals surface area contributed by atoms with Gasteiger partial charge in [-0.1, -0.05) is 0 Å². The van der Waals surface area contributed by atoms with Crippen molar-refractivity contribution in [2.45, 2.75) is 45.2 Å². The summed E-state index contributed by atoms with van der Waals surface area (Å²) in [6.45, 7) is 5.10. The van der Waals surface area contributed by atoms with Crippen LogP contribution in [0.25, 0.3) is 0 Å². The van der Waals surface area contributed by atoms with Crippen LogP contribution < -0.4 is 5.32 Å². The second kappa shape index (κ2) is 6.44. The largest absolute Gasteiger partial charge is 0.481 e. The minimum absolute atomic E-state index is 0.0224. The van der Waals surface area contributed by atoms with Gasteiger partial charge in [0.25, 0.3) is 0 Å². The fourth-order valence-corrected chi connectivity index (χ4v) is 1.10. The van der Waals surface area contributed by atoms with Crippen LogP contribution in [0.1, 0.15) is 33.6 Å². The second-order valence-corrected chi connectivity index (χ2v) is 4.81. The molecule has 17 heavy (non-hydrogen) atoms. The summed E-state index contributed by atoms with van der Waals surface area (Å²) in [4.78, 5) is 23.5. The lowest BCUT2D eigenvalue weighted by Crippen LogP contribution is -2.53. The monoisotopic (exact) mass is 246 g/mol. The number of carboxylic acid groups (broad SMARTS) is 1. The highest BCUT2D eigenvalue weighted by Gasteiger charge is 2.27. The average Bonchev–Trinajstić information content (AvgIpc) is 2.25. The number of carbonyl (C=O) groups is 2. The normalized spacial score (nSPS) is 13.0. The van der Waals surface area contributed by atoms with Crippen molar-refractivity contribution < 1.29 is 19.8 Å². The molecule has 0 saturated heterocycles. The number of aliphatic hydroxyl groups excluding tert-OH is 1. The number of aliphatic hydroxyl groups is 1. The van der Waals surface area contributed by atoms with Gasteiger partial charge in [0.1, 0.15) is 0 Å². The van der Waals surface area contributed by atoms with Crippen LogP contribution in [0.15, 0.2) is 0 Å². The van der Waals surface area contributed by atoms with E-state index in [0.29, 0.717) is 6.42 Å². The molecule has 0 aliphatic carbocycles. The molecule has 0 fully saturated rings. The third kappa shape index (κ3) is 5.53. The molecular formula is C11H22N2O4. The number of rotatable bonds is 6. The third-order valence-corrected chi connectivity index (χ3v) is 2.76. The Hall–Kier alpha value is -1.30. The quantitative estimate of drug-likeness (QED) is 0.642. The Morgan fingerprint density at radius 3 is 2.35 bits per heavy atom. The first-order chi connectivity index (χ1) is 7.70. The molecule has 0 aromatic carbocycles. The van der Waals surface area contributed by atoms with Crippen molar-refractivity contribution in [2.75, 3.05) is 13.7 Å². The van der Waals surface area contributed by atoms with Gasteiger partial charge in [-0.25, -0.2) is 4.79 Å². The van der Waals surface area contributed by atoms with Gasteiger partial charge >= 0.3 is 12.0 Å². The highest BCUT2D eigenvalue weighted by atomic mass is 16.4. The number of hydrogen-bond donors (Lipinski definition) is 3. The van der Waals surface area contributed by atoms with Crippen molar-refractivity contribution >= 4 is 12.0 Å². The number of nitrogens with one attached hydrogen (secondary N) is 1. The van der Waals surface area contributed by atoms with Crippen LogP contribution in [-0.2, 0) is 4.79 Å². The van der Waals surface area contributed by atoms with E-state index in [2.05, 4.69) is 5.32 Å². The van der Waals surface area contributed by atoms with E-state index < -0.39 is 11.5 Å². The molecule has 1 unspecified atom stereocenters. The lowest BCUT2D eigenvalue weighted by atomic mass is 10.1. The van der Waals surface area contributed by atoms with Gasteiger partial charge in [-0.2, -0.15) is 0 Å². The Morgan fingerprint density at radius 1 is 1.41 bits per heavy atom. The predicted octanol–water partition coefficient (Wildman–Crippen LogP) is 0.652. The van der Waals surface area contributed by atoms with Crippen LogP contribution in [-0.4, -0.2) is 52.3 Å². The van der Waals surface area contributed by atoms with E-state index in [4.69, 9.17) is 10.2 Å². The molecule has 0 bridgehead atoms. The van der Waals surface area contributed by atoms with E-state index in [1.54, 1.807) is 27.8 Å². The lowest BCUT2D eigenvalue weighted by Gasteiger charge is -2.34. The zero-order valence-corrected chi connectivity index (χ0v) is 10.9. The number of carbonyl (C=O) groups excluding carboxylic acids is 1. The van der Waals surface area contributed by atoms with E-state index >= 15 is 0 Å². The number of nitrogens with zero attached hydrogens (tertiary/aromatic N) is 1. The maximum atomic E-state index is 11.8. The molecule has 0 rings (SSSR count). The third-order valence-electron chi connectivity index (χ3n) is 2.76. The van der Waals surface area contributed by atoms with Crippen molar-refractivity contribution in [1.29, 1.82) is 0 Å². The summed E-state index contributed by atoms with van der Waals surface area (Å²) in [5.74, 6) is -0.879. The lowest BCUT2D eigenvalue weighted by molar-refractivity contribution is -0.137. The van der Waals surface area contributed by atoms with E-state index in [9.17, 15) is 9.59 Å². The molecular weight excluding hydrogens is 224 g/mol. The maximum Gasteiger partial charge on any atom is 0.317 e. The van der Waals surface area contributed by atoms with Crippen molar-refractivity contribution in [1.82, 2.24) is 10.2 Å². The van der Waals surface area contributed by atoms with Crippen LogP contribution in [0.5, 0.6) is 0 Å². The van der Waals surface area contributed by atoms with E-state index in [1.165, 1.54) is 4.90 Å². The Balaban J connectivity index is 4.21. The van der Waals surface area contributed by atoms with Gasteiger partial charge in [0, 0.05) is 19.5 Å². The Bertz CT molecular complexity index is 279. The fraction of sp³-hybridized carbons (Fsp3) is 0.818. The topological polar surface area (TPSA) is 89.9 Å². The molecule has 0 aliphatic heterocycles. The number of amides is 2. The SMILES string of the molecule is CC(CCC(=O)O)NC(=O)N(C)C(C)(C)CO. The molecule has 0 heterocycles. The van der Waals surface area contributed by atoms with Gasteiger partial charge in [0.15, 0.2) is 0 Å².